The van der Waals surface area contributed by atoms with Gasteiger partial charge in [0.05, 0.1) is 23.5 Å². The van der Waals surface area contributed by atoms with Crippen molar-refractivity contribution in [2.75, 3.05) is 26.3 Å². The second kappa shape index (κ2) is 5.68. The molecule has 2 aliphatic rings. The second-order valence-corrected chi connectivity index (χ2v) is 8.05. The highest BCUT2D eigenvalue weighted by molar-refractivity contribution is 7.89. The Hall–Kier alpha value is -1.80. The van der Waals surface area contributed by atoms with Crippen LogP contribution in [0.5, 0.6) is 11.5 Å². The lowest BCUT2D eigenvalue weighted by Gasteiger charge is -2.20. The number of ether oxygens (including phenoxy) is 2. The number of hydrogen-bond donors (Lipinski definition) is 1. The Morgan fingerprint density at radius 3 is 2.61 bits per heavy atom. The molecule has 1 aromatic rings. The van der Waals surface area contributed by atoms with E-state index in [1.165, 1.54) is 16.4 Å². The zero-order valence-electron chi connectivity index (χ0n) is 12.8. The average Bonchev–Trinajstić information content (AvgIpc) is 2.79. The van der Waals surface area contributed by atoms with Crippen LogP contribution < -0.4 is 9.47 Å². The van der Waals surface area contributed by atoms with Gasteiger partial charge < -0.3 is 14.6 Å². The number of fused-ring (bicyclic) bond motifs is 1. The molecule has 0 saturated carbocycles. The van der Waals surface area contributed by atoms with Crippen molar-refractivity contribution in [3.05, 3.63) is 18.2 Å². The number of carboxylic acids is 1. The van der Waals surface area contributed by atoms with Crippen molar-refractivity contribution in [2.45, 2.75) is 24.7 Å². The molecule has 0 amide bonds. The van der Waals surface area contributed by atoms with Gasteiger partial charge in [-0.15, -0.1) is 0 Å². The number of sulfonamides is 1. The van der Waals surface area contributed by atoms with Crippen LogP contribution in [0.3, 0.4) is 0 Å². The number of rotatable bonds is 3. The minimum absolute atomic E-state index is 0.0287. The third-order valence-electron chi connectivity index (χ3n) is 4.31. The monoisotopic (exact) mass is 341 g/mol. The van der Waals surface area contributed by atoms with E-state index >= 15 is 0 Å². The van der Waals surface area contributed by atoms with Crippen LogP contribution in [0.4, 0.5) is 0 Å². The van der Waals surface area contributed by atoms with Crippen molar-refractivity contribution in [1.29, 1.82) is 0 Å². The highest BCUT2D eigenvalue weighted by Gasteiger charge is 2.45. The molecule has 1 unspecified atom stereocenters. The molecule has 2 aliphatic heterocycles. The van der Waals surface area contributed by atoms with Gasteiger partial charge in [-0.05, 0) is 25.5 Å². The van der Waals surface area contributed by atoms with Gasteiger partial charge in [-0.1, -0.05) is 0 Å². The molecule has 0 bridgehead atoms. The Morgan fingerprint density at radius 1 is 1.26 bits per heavy atom. The van der Waals surface area contributed by atoms with E-state index in [4.69, 9.17) is 9.47 Å². The Labute approximate surface area is 134 Å². The number of carboxylic acid groups (broad SMARTS) is 1. The number of carbonyl (C=O) groups is 1. The van der Waals surface area contributed by atoms with Crippen LogP contribution >= 0.6 is 0 Å². The van der Waals surface area contributed by atoms with E-state index in [9.17, 15) is 18.3 Å². The highest BCUT2D eigenvalue weighted by Crippen LogP contribution is 2.36. The normalized spacial score (nSPS) is 25.1. The Kier molecular flexibility index (Phi) is 3.97. The van der Waals surface area contributed by atoms with E-state index in [-0.39, 0.29) is 18.0 Å². The third kappa shape index (κ3) is 2.88. The number of hydrogen-bond acceptors (Lipinski definition) is 5. The molecule has 1 aromatic carbocycles. The summed E-state index contributed by atoms with van der Waals surface area (Å²) in [6.45, 7) is 2.73. The molecule has 7 nitrogen and oxygen atoms in total. The molecule has 1 atom stereocenters. The quantitative estimate of drug-likeness (QED) is 0.891. The summed E-state index contributed by atoms with van der Waals surface area (Å²) in [6, 6.07) is 4.51. The molecule has 1 N–H and O–H groups in total. The summed E-state index contributed by atoms with van der Waals surface area (Å²) in [5.74, 6) is -0.0455. The van der Waals surface area contributed by atoms with E-state index in [2.05, 4.69) is 0 Å². The van der Waals surface area contributed by atoms with Gasteiger partial charge in [0.1, 0.15) is 0 Å². The maximum atomic E-state index is 12.8. The Bertz CT molecular complexity index is 731. The topological polar surface area (TPSA) is 93.1 Å². The summed E-state index contributed by atoms with van der Waals surface area (Å²) in [6.07, 6.45) is 1.03. The molecule has 23 heavy (non-hydrogen) atoms. The lowest BCUT2D eigenvalue weighted by Crippen LogP contribution is -2.34. The maximum absolute atomic E-state index is 12.8. The van der Waals surface area contributed by atoms with Crippen LogP contribution in [0, 0.1) is 5.41 Å². The minimum Gasteiger partial charge on any atom is -0.490 e. The first-order valence-electron chi connectivity index (χ1n) is 7.46. The van der Waals surface area contributed by atoms with Crippen molar-refractivity contribution < 1.29 is 27.8 Å². The van der Waals surface area contributed by atoms with Crippen LogP contribution in [0.1, 0.15) is 19.8 Å². The van der Waals surface area contributed by atoms with Crippen LogP contribution in [0.15, 0.2) is 23.1 Å². The zero-order chi connectivity index (χ0) is 16.7. The van der Waals surface area contributed by atoms with Gasteiger partial charge in [-0.25, -0.2) is 8.42 Å². The van der Waals surface area contributed by atoms with Gasteiger partial charge in [-0.3, -0.25) is 4.79 Å². The lowest BCUT2D eigenvalue weighted by molar-refractivity contribution is -0.146. The minimum atomic E-state index is -3.75. The van der Waals surface area contributed by atoms with Gasteiger partial charge in [0, 0.05) is 25.6 Å². The Morgan fingerprint density at radius 2 is 1.96 bits per heavy atom. The van der Waals surface area contributed by atoms with Crippen molar-refractivity contribution in [2.24, 2.45) is 5.41 Å². The molecule has 0 radical (unpaired) electrons. The number of nitrogens with zero attached hydrogens (tertiary/aromatic N) is 1. The van der Waals surface area contributed by atoms with Crippen LogP contribution in [-0.4, -0.2) is 50.1 Å². The van der Waals surface area contributed by atoms with E-state index in [1.807, 2.05) is 0 Å². The smallest absolute Gasteiger partial charge is 0.310 e. The van der Waals surface area contributed by atoms with Gasteiger partial charge in [0.2, 0.25) is 10.0 Å². The summed E-state index contributed by atoms with van der Waals surface area (Å²) in [7, 11) is -3.75. The maximum Gasteiger partial charge on any atom is 0.310 e. The summed E-state index contributed by atoms with van der Waals surface area (Å²) in [4.78, 5) is 11.4. The fourth-order valence-electron chi connectivity index (χ4n) is 2.75. The van der Waals surface area contributed by atoms with Crippen LogP contribution in [-0.2, 0) is 14.8 Å². The van der Waals surface area contributed by atoms with Gasteiger partial charge >= 0.3 is 5.97 Å². The summed E-state index contributed by atoms with van der Waals surface area (Å²) >= 11 is 0. The largest absolute Gasteiger partial charge is 0.490 e. The fraction of sp³-hybridized carbons (Fsp3) is 0.533. The molecule has 3 rings (SSSR count). The zero-order valence-corrected chi connectivity index (χ0v) is 13.6. The van der Waals surface area contributed by atoms with E-state index in [0.717, 1.165) is 6.42 Å². The van der Waals surface area contributed by atoms with E-state index in [0.29, 0.717) is 31.1 Å². The number of benzene rings is 1. The van der Waals surface area contributed by atoms with E-state index in [1.54, 1.807) is 13.0 Å². The van der Waals surface area contributed by atoms with Crippen molar-refractivity contribution in [3.63, 3.8) is 0 Å². The third-order valence-corrected chi connectivity index (χ3v) is 6.15. The van der Waals surface area contributed by atoms with Gasteiger partial charge in [0.25, 0.3) is 0 Å². The molecule has 126 valence electrons. The average molecular weight is 341 g/mol. The van der Waals surface area contributed by atoms with Crippen molar-refractivity contribution in [1.82, 2.24) is 4.31 Å². The van der Waals surface area contributed by atoms with Crippen molar-refractivity contribution in [3.8, 4) is 11.5 Å². The fourth-order valence-corrected chi connectivity index (χ4v) is 4.33. The molecule has 2 heterocycles. The first kappa shape index (κ1) is 16.1. The van der Waals surface area contributed by atoms with Crippen molar-refractivity contribution >= 4 is 16.0 Å². The van der Waals surface area contributed by atoms with Gasteiger partial charge in [0.15, 0.2) is 11.5 Å². The lowest BCUT2D eigenvalue weighted by atomic mass is 9.90. The molecule has 0 aliphatic carbocycles. The standard InChI is InChI=1S/C15H19NO6S/c1-15(14(17)18)5-6-16(10-15)23(19,20)11-3-4-12-13(9-11)22-8-2-7-21-12/h3-4,9H,2,5-8,10H2,1H3,(H,17,18). The first-order chi connectivity index (χ1) is 10.8. The first-order valence-corrected chi connectivity index (χ1v) is 8.90. The summed E-state index contributed by atoms with van der Waals surface area (Å²) in [5, 5.41) is 9.26. The second-order valence-electron chi connectivity index (χ2n) is 6.11. The molecule has 1 fully saturated rings. The number of aliphatic carboxylic acids is 1. The van der Waals surface area contributed by atoms with E-state index < -0.39 is 21.4 Å². The molecule has 0 aromatic heterocycles. The Balaban J connectivity index is 1.89. The molecule has 8 heteroatoms. The summed E-state index contributed by atoms with van der Waals surface area (Å²) in [5.41, 5.74) is -1.04. The highest BCUT2D eigenvalue weighted by atomic mass is 32.2. The predicted octanol–water partition coefficient (Wildman–Crippen LogP) is 1.33. The molecular weight excluding hydrogens is 322 g/mol. The molecule has 0 spiro atoms. The predicted molar refractivity (Wildman–Crippen MR) is 81.2 cm³/mol. The van der Waals surface area contributed by atoms with Crippen LogP contribution in [0.25, 0.3) is 0 Å². The SMILES string of the molecule is CC1(C(=O)O)CCN(S(=O)(=O)c2ccc3c(c2)OCCCO3)C1. The van der Waals surface area contributed by atoms with Gasteiger partial charge in [-0.2, -0.15) is 4.31 Å². The summed E-state index contributed by atoms with van der Waals surface area (Å²) < 4.78 is 37.7. The molecule has 1 saturated heterocycles. The van der Waals surface area contributed by atoms with Crippen LogP contribution in [0.2, 0.25) is 0 Å². The molecular formula is C15H19NO6S.